The Morgan fingerprint density at radius 3 is 2.21 bits per heavy atom. The summed E-state index contributed by atoms with van der Waals surface area (Å²) in [5.74, 6) is -0.241. The predicted octanol–water partition coefficient (Wildman–Crippen LogP) is 4.22. The van der Waals surface area contributed by atoms with Gasteiger partial charge in [0.15, 0.2) is 0 Å². The number of hydrogen-bond donors (Lipinski definition) is 3. The Hall–Kier alpha value is -3.49. The molecular weight excluding hydrogens is 432 g/mol. The van der Waals surface area contributed by atoms with Crippen molar-refractivity contribution in [2.45, 2.75) is 24.7 Å². The highest BCUT2D eigenvalue weighted by atomic mass is 19.3. The van der Waals surface area contributed by atoms with Crippen molar-refractivity contribution < 1.29 is 33.3 Å². The van der Waals surface area contributed by atoms with Gasteiger partial charge in [-0.25, -0.2) is 4.79 Å². The number of aliphatic hydroxyl groups is 2. The van der Waals surface area contributed by atoms with Crippen LogP contribution in [0.15, 0.2) is 72.8 Å². The number of carbonyl (C=O) groups is 1. The summed E-state index contributed by atoms with van der Waals surface area (Å²) in [6, 6.07) is 21.3. The molecular formula is C25H23F2NO5. The second kappa shape index (κ2) is 9.97. The third-order valence-electron chi connectivity index (χ3n) is 5.59. The highest BCUT2D eigenvalue weighted by Gasteiger charge is 2.29. The van der Waals surface area contributed by atoms with Crippen molar-refractivity contribution in [1.29, 1.82) is 0 Å². The zero-order valence-electron chi connectivity index (χ0n) is 17.5. The topological polar surface area (TPSA) is 88.0 Å². The van der Waals surface area contributed by atoms with Gasteiger partial charge in [0, 0.05) is 12.5 Å². The van der Waals surface area contributed by atoms with Crippen LogP contribution in [0, 0.1) is 0 Å². The quantitative estimate of drug-likeness (QED) is 0.473. The monoisotopic (exact) mass is 455 g/mol. The first-order valence-electron chi connectivity index (χ1n) is 10.4. The number of hydrogen-bond acceptors (Lipinski definition) is 5. The normalized spacial score (nSPS) is 14.3. The lowest BCUT2D eigenvalue weighted by molar-refractivity contribution is -0.0501. The third-order valence-corrected chi connectivity index (χ3v) is 5.59. The standard InChI is InChI=1S/C25H23F2NO5/c26-24(27)33-16-7-5-6-15(12-16)23(30)22(29)13-28-25(31)32-14-21-19-10-3-1-8-17(19)18-9-2-4-11-20(18)21/h1-12,21-24,29-30H,13-14H2,(H,28,31). The van der Waals surface area contributed by atoms with Crippen molar-refractivity contribution in [1.82, 2.24) is 5.32 Å². The van der Waals surface area contributed by atoms with E-state index in [-0.39, 0.29) is 30.4 Å². The van der Waals surface area contributed by atoms with E-state index in [0.29, 0.717) is 0 Å². The van der Waals surface area contributed by atoms with Gasteiger partial charge >= 0.3 is 12.7 Å². The second-order valence-corrected chi connectivity index (χ2v) is 7.67. The first-order chi connectivity index (χ1) is 15.9. The molecule has 3 N–H and O–H groups in total. The molecule has 0 saturated heterocycles. The van der Waals surface area contributed by atoms with Crippen molar-refractivity contribution in [3.8, 4) is 16.9 Å². The van der Waals surface area contributed by atoms with Gasteiger partial charge in [0.05, 0.1) is 0 Å². The van der Waals surface area contributed by atoms with E-state index in [4.69, 9.17) is 4.74 Å². The van der Waals surface area contributed by atoms with Crippen molar-refractivity contribution in [2.24, 2.45) is 0 Å². The third kappa shape index (κ3) is 5.13. The minimum Gasteiger partial charge on any atom is -0.449 e. The van der Waals surface area contributed by atoms with Gasteiger partial charge in [-0.15, -0.1) is 0 Å². The fraction of sp³-hybridized carbons (Fsp3) is 0.240. The van der Waals surface area contributed by atoms with Crippen LogP contribution in [0.5, 0.6) is 5.75 Å². The van der Waals surface area contributed by atoms with Crippen molar-refractivity contribution in [3.63, 3.8) is 0 Å². The van der Waals surface area contributed by atoms with E-state index in [2.05, 4.69) is 10.1 Å². The van der Waals surface area contributed by atoms with Crippen LogP contribution < -0.4 is 10.1 Å². The van der Waals surface area contributed by atoms with Crippen molar-refractivity contribution in [2.75, 3.05) is 13.2 Å². The van der Waals surface area contributed by atoms with Gasteiger partial charge in [-0.05, 0) is 39.9 Å². The molecule has 6 nitrogen and oxygen atoms in total. The number of alkyl carbamates (subject to hydrolysis) is 1. The Morgan fingerprint density at radius 2 is 1.58 bits per heavy atom. The molecule has 33 heavy (non-hydrogen) atoms. The number of rotatable bonds is 8. The molecule has 4 rings (SSSR count). The van der Waals surface area contributed by atoms with E-state index in [0.717, 1.165) is 22.3 Å². The largest absolute Gasteiger partial charge is 0.449 e. The van der Waals surface area contributed by atoms with Gasteiger partial charge in [-0.1, -0.05) is 60.7 Å². The number of nitrogens with one attached hydrogen (secondary N) is 1. The van der Waals surface area contributed by atoms with Gasteiger partial charge in [0.2, 0.25) is 0 Å². The van der Waals surface area contributed by atoms with Crippen LogP contribution in [0.4, 0.5) is 13.6 Å². The first kappa shape index (κ1) is 22.7. The van der Waals surface area contributed by atoms with E-state index in [1.165, 1.54) is 24.3 Å². The number of amides is 1. The molecule has 2 unspecified atom stereocenters. The average molecular weight is 455 g/mol. The number of alkyl halides is 2. The van der Waals surface area contributed by atoms with Crippen LogP contribution in [-0.2, 0) is 4.74 Å². The SMILES string of the molecule is O=C(NCC(O)C(O)c1cccc(OC(F)F)c1)OCC1c2ccccc2-c2ccccc21. The van der Waals surface area contributed by atoms with E-state index >= 15 is 0 Å². The molecule has 0 saturated carbocycles. The molecule has 0 fully saturated rings. The van der Waals surface area contributed by atoms with E-state index in [9.17, 15) is 23.8 Å². The van der Waals surface area contributed by atoms with Crippen LogP contribution in [0.2, 0.25) is 0 Å². The van der Waals surface area contributed by atoms with Gasteiger partial charge in [0.25, 0.3) is 0 Å². The van der Waals surface area contributed by atoms with Crippen LogP contribution in [0.3, 0.4) is 0 Å². The Balaban J connectivity index is 1.32. The molecule has 8 heteroatoms. The lowest BCUT2D eigenvalue weighted by Gasteiger charge is -2.20. The van der Waals surface area contributed by atoms with Gasteiger partial charge < -0.3 is 25.0 Å². The summed E-state index contributed by atoms with van der Waals surface area (Å²) in [6.45, 7) is -3.18. The molecule has 0 bridgehead atoms. The van der Waals surface area contributed by atoms with Gasteiger partial charge in [0.1, 0.15) is 24.6 Å². The molecule has 1 amide bonds. The highest BCUT2D eigenvalue weighted by molar-refractivity contribution is 5.79. The molecule has 2 atom stereocenters. The molecule has 0 heterocycles. The molecule has 0 aromatic heterocycles. The number of halogens is 2. The Bertz CT molecular complexity index is 1080. The molecule has 0 aliphatic heterocycles. The number of benzene rings is 3. The van der Waals surface area contributed by atoms with E-state index in [1.54, 1.807) is 0 Å². The molecule has 172 valence electrons. The molecule has 3 aromatic rings. The Morgan fingerprint density at radius 1 is 0.939 bits per heavy atom. The van der Waals surface area contributed by atoms with Crippen LogP contribution in [0.1, 0.15) is 28.7 Å². The summed E-state index contributed by atoms with van der Waals surface area (Å²) < 4.78 is 34.4. The number of ether oxygens (including phenoxy) is 2. The van der Waals surface area contributed by atoms with Crippen molar-refractivity contribution in [3.05, 3.63) is 89.5 Å². The molecule has 0 spiro atoms. The average Bonchev–Trinajstić information content (AvgIpc) is 3.14. The van der Waals surface area contributed by atoms with E-state index in [1.807, 2.05) is 48.5 Å². The van der Waals surface area contributed by atoms with Crippen LogP contribution in [-0.4, -0.2) is 42.2 Å². The van der Waals surface area contributed by atoms with Gasteiger partial charge in [-0.2, -0.15) is 8.78 Å². The summed E-state index contributed by atoms with van der Waals surface area (Å²) in [5, 5.41) is 22.9. The predicted molar refractivity (Wildman–Crippen MR) is 117 cm³/mol. The number of aliphatic hydroxyl groups excluding tert-OH is 2. The second-order valence-electron chi connectivity index (χ2n) is 7.67. The minimum absolute atomic E-state index is 0.101. The molecule has 1 aliphatic rings. The number of fused-ring (bicyclic) bond motifs is 3. The summed E-state index contributed by atoms with van der Waals surface area (Å²) in [7, 11) is 0. The molecule has 1 aliphatic carbocycles. The highest BCUT2D eigenvalue weighted by Crippen LogP contribution is 2.44. The summed E-state index contributed by atoms with van der Waals surface area (Å²) in [4.78, 5) is 12.2. The van der Waals surface area contributed by atoms with Crippen LogP contribution in [0.25, 0.3) is 11.1 Å². The zero-order valence-corrected chi connectivity index (χ0v) is 17.5. The number of carbonyl (C=O) groups excluding carboxylic acids is 1. The maximum absolute atomic E-state index is 12.4. The Labute approximate surface area is 189 Å². The maximum atomic E-state index is 12.4. The fourth-order valence-corrected chi connectivity index (χ4v) is 4.05. The minimum atomic E-state index is -3.00. The van der Waals surface area contributed by atoms with Crippen molar-refractivity contribution >= 4 is 6.09 Å². The lowest BCUT2D eigenvalue weighted by Crippen LogP contribution is -2.36. The van der Waals surface area contributed by atoms with Crippen LogP contribution >= 0.6 is 0 Å². The zero-order chi connectivity index (χ0) is 23.4. The van der Waals surface area contributed by atoms with Gasteiger partial charge in [-0.3, -0.25) is 0 Å². The maximum Gasteiger partial charge on any atom is 0.407 e. The molecule has 3 aromatic carbocycles. The van der Waals surface area contributed by atoms with E-state index < -0.39 is 24.9 Å². The first-order valence-corrected chi connectivity index (χ1v) is 10.4. The summed E-state index contributed by atoms with van der Waals surface area (Å²) >= 11 is 0. The fourth-order valence-electron chi connectivity index (χ4n) is 4.05. The molecule has 0 radical (unpaired) electrons. The smallest absolute Gasteiger partial charge is 0.407 e. The summed E-state index contributed by atoms with van der Waals surface area (Å²) in [6.07, 6.45) is -3.54. The lowest BCUT2D eigenvalue weighted by atomic mass is 9.98. The Kier molecular flexibility index (Phi) is 6.86. The summed E-state index contributed by atoms with van der Waals surface area (Å²) in [5.41, 5.74) is 4.55.